The van der Waals surface area contributed by atoms with Crippen LogP contribution in [-0.2, 0) is 0 Å². The van der Waals surface area contributed by atoms with E-state index in [0.29, 0.717) is 23.4 Å². The number of thioether (sulfide) groups is 1. The maximum absolute atomic E-state index is 8.72. The number of para-hydroxylation sites is 1. The maximum Gasteiger partial charge on any atom is 0.101 e. The second-order valence-corrected chi connectivity index (χ2v) is 3.72. The molecule has 0 heterocycles. The van der Waals surface area contributed by atoms with Crippen molar-refractivity contribution >= 4 is 17.4 Å². The molecule has 0 unspecified atom stereocenters. The summed E-state index contributed by atoms with van der Waals surface area (Å²) in [5.74, 6) is 0.704. The largest absolute Gasteiger partial charge is 0.397 e. The molecule has 0 aromatic heterocycles. The lowest BCUT2D eigenvalue weighted by molar-refractivity contribution is 1.23. The average molecular weight is 203 g/mol. The normalized spacial score (nSPS) is 9.00. The summed E-state index contributed by atoms with van der Waals surface area (Å²) in [7, 11) is 0. The van der Waals surface area contributed by atoms with Gasteiger partial charge in [0.1, 0.15) is 6.07 Å². The van der Waals surface area contributed by atoms with Crippen LogP contribution in [0.4, 0.5) is 5.69 Å². The molecule has 0 aliphatic carbocycles. The average Bonchev–Trinajstić information content (AvgIpc) is 2.21. The van der Waals surface area contributed by atoms with E-state index in [2.05, 4.69) is 6.07 Å². The van der Waals surface area contributed by atoms with Gasteiger partial charge in [0.2, 0.25) is 0 Å². The number of hydrogen-bond donors (Lipinski definition) is 1. The summed E-state index contributed by atoms with van der Waals surface area (Å²) in [6, 6.07) is 9.42. The van der Waals surface area contributed by atoms with Gasteiger partial charge in [-0.15, -0.1) is 11.8 Å². The lowest BCUT2D eigenvalue weighted by atomic mass is 10.2. The van der Waals surface area contributed by atoms with Crippen LogP contribution in [0.3, 0.4) is 0 Å². The molecule has 1 aromatic carbocycles. The van der Waals surface area contributed by atoms with Crippen LogP contribution in [0.2, 0.25) is 0 Å². The summed E-state index contributed by atoms with van der Waals surface area (Å²) in [6.45, 7) is 0. The van der Waals surface area contributed by atoms with Crippen molar-refractivity contribution < 1.29 is 0 Å². The van der Waals surface area contributed by atoms with Crippen LogP contribution in [0.15, 0.2) is 23.1 Å². The van der Waals surface area contributed by atoms with Crippen LogP contribution in [0.5, 0.6) is 0 Å². The van der Waals surface area contributed by atoms with Crippen molar-refractivity contribution in [3.8, 4) is 12.1 Å². The highest BCUT2D eigenvalue weighted by Crippen LogP contribution is 2.27. The first-order chi connectivity index (χ1) is 6.79. The molecule has 0 radical (unpaired) electrons. The Morgan fingerprint density at radius 2 is 2.14 bits per heavy atom. The van der Waals surface area contributed by atoms with Gasteiger partial charge in [-0.3, -0.25) is 0 Å². The predicted octanol–water partition coefficient (Wildman–Crippen LogP) is 2.15. The molecule has 0 fully saturated rings. The minimum absolute atomic E-state index is 0.487. The van der Waals surface area contributed by atoms with E-state index < -0.39 is 0 Å². The van der Waals surface area contributed by atoms with Crippen molar-refractivity contribution in [1.29, 1.82) is 10.5 Å². The van der Waals surface area contributed by atoms with E-state index in [1.165, 1.54) is 11.8 Å². The van der Waals surface area contributed by atoms with Crippen molar-refractivity contribution in [2.24, 2.45) is 0 Å². The third kappa shape index (κ3) is 2.42. The van der Waals surface area contributed by atoms with Crippen molar-refractivity contribution in [1.82, 2.24) is 0 Å². The molecule has 0 saturated heterocycles. The van der Waals surface area contributed by atoms with E-state index in [0.717, 1.165) is 4.90 Å². The Kier molecular flexibility index (Phi) is 3.84. The fourth-order valence-electron chi connectivity index (χ4n) is 0.974. The number of nitrogens with zero attached hydrogens (tertiary/aromatic N) is 2. The van der Waals surface area contributed by atoms with E-state index in [9.17, 15) is 0 Å². The molecule has 0 saturated carbocycles. The number of anilines is 1. The van der Waals surface area contributed by atoms with E-state index in [-0.39, 0.29) is 0 Å². The summed E-state index contributed by atoms with van der Waals surface area (Å²) >= 11 is 1.50. The first-order valence-electron chi connectivity index (χ1n) is 4.08. The number of nitrogen functional groups attached to an aromatic ring is 1. The third-order valence-corrected chi connectivity index (χ3v) is 2.73. The van der Waals surface area contributed by atoms with Gasteiger partial charge >= 0.3 is 0 Å². The first kappa shape index (κ1) is 10.4. The van der Waals surface area contributed by atoms with Crippen molar-refractivity contribution in [3.05, 3.63) is 23.8 Å². The molecule has 0 bridgehead atoms. The highest BCUT2D eigenvalue weighted by molar-refractivity contribution is 7.99. The van der Waals surface area contributed by atoms with Gasteiger partial charge in [0.25, 0.3) is 0 Å². The second-order valence-electron chi connectivity index (χ2n) is 2.59. The van der Waals surface area contributed by atoms with Gasteiger partial charge in [-0.05, 0) is 12.1 Å². The molecule has 0 spiro atoms. The Morgan fingerprint density at radius 1 is 1.36 bits per heavy atom. The van der Waals surface area contributed by atoms with Crippen LogP contribution in [0.1, 0.15) is 12.0 Å². The van der Waals surface area contributed by atoms with Crippen LogP contribution < -0.4 is 5.73 Å². The third-order valence-electron chi connectivity index (χ3n) is 1.66. The molecule has 0 amide bonds. The van der Waals surface area contributed by atoms with Crippen LogP contribution in [-0.4, -0.2) is 5.75 Å². The zero-order valence-electron chi connectivity index (χ0n) is 7.53. The first-order valence-corrected chi connectivity index (χ1v) is 5.06. The maximum atomic E-state index is 8.72. The molecule has 1 rings (SSSR count). The number of rotatable bonds is 3. The van der Waals surface area contributed by atoms with Gasteiger partial charge in [-0.25, -0.2) is 0 Å². The second kappa shape index (κ2) is 5.16. The van der Waals surface area contributed by atoms with E-state index >= 15 is 0 Å². The van der Waals surface area contributed by atoms with Crippen LogP contribution in [0.25, 0.3) is 0 Å². The Hall–Kier alpha value is -1.65. The van der Waals surface area contributed by atoms with Gasteiger partial charge in [0.05, 0.1) is 17.3 Å². The van der Waals surface area contributed by atoms with E-state index in [1.54, 1.807) is 12.1 Å². The van der Waals surface area contributed by atoms with Gasteiger partial charge in [0.15, 0.2) is 0 Å². The minimum atomic E-state index is 0.487. The minimum Gasteiger partial charge on any atom is -0.397 e. The van der Waals surface area contributed by atoms with Gasteiger partial charge in [-0.1, -0.05) is 6.07 Å². The Labute approximate surface area is 87.1 Å². The summed E-state index contributed by atoms with van der Waals surface area (Å²) in [6.07, 6.45) is 0.487. The standard InChI is InChI=1S/C10H9N3S/c11-5-2-6-14-9-4-1-3-8(7-12)10(9)13/h1,3-4H,2,6,13H2. The molecule has 4 heteroatoms. The van der Waals surface area contributed by atoms with Crippen LogP contribution in [0, 0.1) is 22.7 Å². The van der Waals surface area contributed by atoms with Crippen molar-refractivity contribution in [2.75, 3.05) is 11.5 Å². The number of hydrogen-bond acceptors (Lipinski definition) is 4. The zero-order valence-corrected chi connectivity index (χ0v) is 8.34. The number of nitriles is 2. The highest BCUT2D eigenvalue weighted by Gasteiger charge is 2.03. The Morgan fingerprint density at radius 3 is 2.79 bits per heavy atom. The lowest BCUT2D eigenvalue weighted by Gasteiger charge is -2.04. The lowest BCUT2D eigenvalue weighted by Crippen LogP contribution is -1.93. The molecular formula is C10H9N3S. The monoisotopic (exact) mass is 203 g/mol. The van der Waals surface area contributed by atoms with Crippen molar-refractivity contribution in [2.45, 2.75) is 11.3 Å². The fraction of sp³-hybridized carbons (Fsp3) is 0.200. The molecule has 0 atom stereocenters. The predicted molar refractivity (Wildman–Crippen MR) is 56.5 cm³/mol. The molecule has 70 valence electrons. The molecule has 3 nitrogen and oxygen atoms in total. The Balaban J connectivity index is 2.79. The Bertz CT molecular complexity index is 401. The summed E-state index contributed by atoms with van der Waals surface area (Å²) in [4.78, 5) is 0.874. The summed E-state index contributed by atoms with van der Waals surface area (Å²) in [5, 5.41) is 17.1. The van der Waals surface area contributed by atoms with E-state index in [1.807, 2.05) is 12.1 Å². The molecule has 0 aliphatic rings. The molecular weight excluding hydrogens is 194 g/mol. The molecule has 0 aliphatic heterocycles. The zero-order chi connectivity index (χ0) is 10.4. The van der Waals surface area contributed by atoms with Gasteiger partial charge < -0.3 is 5.73 Å². The van der Waals surface area contributed by atoms with Crippen molar-refractivity contribution in [3.63, 3.8) is 0 Å². The molecule has 14 heavy (non-hydrogen) atoms. The van der Waals surface area contributed by atoms with Gasteiger partial charge in [0, 0.05) is 17.1 Å². The SMILES string of the molecule is N#CCCSc1cccc(C#N)c1N. The van der Waals surface area contributed by atoms with Crippen LogP contribution >= 0.6 is 11.8 Å². The fourth-order valence-corrected chi connectivity index (χ4v) is 1.83. The highest BCUT2D eigenvalue weighted by atomic mass is 32.2. The van der Waals surface area contributed by atoms with Gasteiger partial charge in [-0.2, -0.15) is 10.5 Å². The van der Waals surface area contributed by atoms with E-state index in [4.69, 9.17) is 16.3 Å². The smallest absolute Gasteiger partial charge is 0.101 e. The number of nitrogens with two attached hydrogens (primary N) is 1. The summed E-state index contributed by atoms with van der Waals surface area (Å²) in [5.41, 5.74) is 6.75. The topological polar surface area (TPSA) is 73.6 Å². The summed E-state index contributed by atoms with van der Waals surface area (Å²) < 4.78 is 0. The quantitative estimate of drug-likeness (QED) is 0.464. The molecule has 2 N–H and O–H groups in total. The molecule has 1 aromatic rings. The number of benzene rings is 1.